The lowest BCUT2D eigenvalue weighted by Crippen LogP contribution is -2.51. The van der Waals surface area contributed by atoms with Crippen molar-refractivity contribution >= 4 is 16.9 Å². The summed E-state index contributed by atoms with van der Waals surface area (Å²) in [6, 6.07) is 19.2. The van der Waals surface area contributed by atoms with Gasteiger partial charge >= 0.3 is 0 Å². The highest BCUT2D eigenvalue weighted by molar-refractivity contribution is 5.75. The molecule has 122 valence electrons. The largest absolute Gasteiger partial charge is 0.350 e. The summed E-state index contributed by atoms with van der Waals surface area (Å²) in [5.41, 5.74) is 3.30. The summed E-state index contributed by atoms with van der Waals surface area (Å²) in [6.45, 7) is 6.37. The quantitative estimate of drug-likeness (QED) is 0.741. The number of aromatic nitrogens is 2. The molecule has 1 fully saturated rings. The van der Waals surface area contributed by atoms with Crippen molar-refractivity contribution in [3.63, 3.8) is 0 Å². The van der Waals surface area contributed by atoms with Gasteiger partial charge in [0.25, 0.3) is 0 Å². The Morgan fingerprint density at radius 1 is 0.958 bits per heavy atom. The molecule has 3 aromatic rings. The lowest BCUT2D eigenvalue weighted by atomic mass is 10.1. The summed E-state index contributed by atoms with van der Waals surface area (Å²) in [7, 11) is 0. The summed E-state index contributed by atoms with van der Waals surface area (Å²) in [6.07, 6.45) is 1.91. The van der Waals surface area contributed by atoms with Crippen molar-refractivity contribution in [1.82, 2.24) is 14.9 Å². The van der Waals surface area contributed by atoms with Gasteiger partial charge in [-0.2, -0.15) is 0 Å². The summed E-state index contributed by atoms with van der Waals surface area (Å²) in [4.78, 5) is 14.3. The van der Waals surface area contributed by atoms with Gasteiger partial charge in [-0.3, -0.25) is 9.88 Å². The smallest absolute Gasteiger partial charge is 0.148 e. The predicted molar refractivity (Wildman–Crippen MR) is 98.1 cm³/mol. The molecule has 1 aliphatic rings. The van der Waals surface area contributed by atoms with Gasteiger partial charge in [0.1, 0.15) is 5.82 Å². The lowest BCUT2D eigenvalue weighted by Gasteiger charge is -2.40. The van der Waals surface area contributed by atoms with Crippen LogP contribution in [0.25, 0.3) is 11.0 Å². The maximum absolute atomic E-state index is 4.80. The van der Waals surface area contributed by atoms with Crippen molar-refractivity contribution in [2.75, 3.05) is 24.5 Å². The van der Waals surface area contributed by atoms with E-state index in [1.165, 1.54) is 5.56 Å². The molecule has 0 aliphatic carbocycles. The lowest BCUT2D eigenvalue weighted by molar-refractivity contribution is 0.220. The maximum atomic E-state index is 4.80. The van der Waals surface area contributed by atoms with E-state index in [1.807, 2.05) is 30.5 Å². The number of piperazine rings is 1. The fraction of sp³-hybridized carbons (Fsp3) is 0.300. The van der Waals surface area contributed by atoms with E-state index in [4.69, 9.17) is 4.98 Å². The third kappa shape index (κ3) is 3.10. The van der Waals surface area contributed by atoms with Crippen LogP contribution in [-0.4, -0.2) is 40.5 Å². The van der Waals surface area contributed by atoms with Crippen molar-refractivity contribution < 1.29 is 0 Å². The predicted octanol–water partition coefficient (Wildman–Crippen LogP) is 3.34. The van der Waals surface area contributed by atoms with Gasteiger partial charge in [-0.1, -0.05) is 42.5 Å². The number of rotatable bonds is 3. The number of hydrogen-bond acceptors (Lipinski definition) is 4. The fourth-order valence-corrected chi connectivity index (χ4v) is 3.44. The van der Waals surface area contributed by atoms with Gasteiger partial charge in [0.05, 0.1) is 17.2 Å². The normalized spacial score (nSPS) is 18.9. The number of anilines is 1. The van der Waals surface area contributed by atoms with Crippen molar-refractivity contribution in [3.05, 3.63) is 66.4 Å². The second-order valence-corrected chi connectivity index (χ2v) is 6.48. The number of para-hydroxylation sites is 2. The SMILES string of the molecule is C[C@H]1CN(Cc2ccccc2)CCN1c1cnc2ccccc2n1. The minimum absolute atomic E-state index is 0.429. The van der Waals surface area contributed by atoms with E-state index in [0.717, 1.165) is 43.0 Å². The van der Waals surface area contributed by atoms with Crippen LogP contribution in [0.4, 0.5) is 5.82 Å². The van der Waals surface area contributed by atoms with Crippen LogP contribution in [0.1, 0.15) is 12.5 Å². The molecule has 2 heterocycles. The molecule has 24 heavy (non-hydrogen) atoms. The first-order valence-corrected chi connectivity index (χ1v) is 8.54. The van der Waals surface area contributed by atoms with Gasteiger partial charge in [0.15, 0.2) is 0 Å². The number of nitrogens with zero attached hydrogens (tertiary/aromatic N) is 4. The molecule has 1 atom stereocenters. The van der Waals surface area contributed by atoms with Gasteiger partial charge in [-0.25, -0.2) is 4.98 Å². The zero-order chi connectivity index (χ0) is 16.4. The molecule has 2 aromatic carbocycles. The van der Waals surface area contributed by atoms with Crippen LogP contribution in [0, 0.1) is 0 Å². The second kappa shape index (κ2) is 6.57. The Bertz CT molecular complexity index is 818. The van der Waals surface area contributed by atoms with Gasteiger partial charge in [0, 0.05) is 32.2 Å². The minimum atomic E-state index is 0.429. The molecule has 1 aromatic heterocycles. The molecule has 0 saturated carbocycles. The monoisotopic (exact) mass is 318 g/mol. The second-order valence-electron chi connectivity index (χ2n) is 6.48. The van der Waals surface area contributed by atoms with Crippen LogP contribution < -0.4 is 4.90 Å². The Balaban J connectivity index is 1.47. The van der Waals surface area contributed by atoms with Gasteiger partial charge in [-0.05, 0) is 24.6 Å². The summed E-state index contributed by atoms with van der Waals surface area (Å²) >= 11 is 0. The van der Waals surface area contributed by atoms with Crippen LogP contribution in [0.5, 0.6) is 0 Å². The third-order valence-electron chi connectivity index (χ3n) is 4.69. The molecular formula is C20H22N4. The minimum Gasteiger partial charge on any atom is -0.350 e. The molecular weight excluding hydrogens is 296 g/mol. The van der Waals surface area contributed by atoms with Crippen LogP contribution in [0.15, 0.2) is 60.8 Å². The van der Waals surface area contributed by atoms with E-state index in [0.29, 0.717) is 6.04 Å². The number of benzene rings is 2. The fourth-order valence-electron chi connectivity index (χ4n) is 3.44. The van der Waals surface area contributed by atoms with Crippen molar-refractivity contribution in [3.8, 4) is 0 Å². The maximum Gasteiger partial charge on any atom is 0.148 e. The van der Waals surface area contributed by atoms with Crippen molar-refractivity contribution in [2.45, 2.75) is 19.5 Å². The Morgan fingerprint density at radius 3 is 2.50 bits per heavy atom. The van der Waals surface area contributed by atoms with E-state index >= 15 is 0 Å². The molecule has 1 saturated heterocycles. The number of fused-ring (bicyclic) bond motifs is 1. The summed E-state index contributed by atoms with van der Waals surface area (Å²) in [5.74, 6) is 0.987. The van der Waals surface area contributed by atoms with E-state index in [1.54, 1.807) is 0 Å². The van der Waals surface area contributed by atoms with Crippen molar-refractivity contribution in [2.24, 2.45) is 0 Å². The van der Waals surface area contributed by atoms with Gasteiger partial charge < -0.3 is 4.90 Å². The van der Waals surface area contributed by atoms with E-state index < -0.39 is 0 Å². The van der Waals surface area contributed by atoms with E-state index in [9.17, 15) is 0 Å². The molecule has 0 unspecified atom stereocenters. The molecule has 0 spiro atoms. The van der Waals surface area contributed by atoms with Crippen LogP contribution in [0.2, 0.25) is 0 Å². The average Bonchev–Trinajstić information content (AvgIpc) is 2.62. The molecule has 0 bridgehead atoms. The highest BCUT2D eigenvalue weighted by atomic mass is 15.3. The van der Waals surface area contributed by atoms with Crippen LogP contribution in [-0.2, 0) is 6.54 Å². The molecule has 4 nitrogen and oxygen atoms in total. The molecule has 4 heteroatoms. The summed E-state index contributed by atoms with van der Waals surface area (Å²) in [5, 5.41) is 0. The Morgan fingerprint density at radius 2 is 1.71 bits per heavy atom. The zero-order valence-corrected chi connectivity index (χ0v) is 14.0. The topological polar surface area (TPSA) is 32.3 Å². The molecule has 4 rings (SSSR count). The first-order valence-electron chi connectivity index (χ1n) is 8.54. The van der Waals surface area contributed by atoms with E-state index in [2.05, 4.69) is 52.0 Å². The first kappa shape index (κ1) is 15.1. The standard InChI is InChI=1S/C20H22N4/c1-16-14-23(15-17-7-3-2-4-8-17)11-12-24(16)20-13-21-18-9-5-6-10-19(18)22-20/h2-10,13,16H,11-12,14-15H2,1H3/t16-/m0/s1. The Labute approximate surface area is 142 Å². The highest BCUT2D eigenvalue weighted by Crippen LogP contribution is 2.21. The third-order valence-corrected chi connectivity index (χ3v) is 4.69. The van der Waals surface area contributed by atoms with Gasteiger partial charge in [0.2, 0.25) is 0 Å². The molecule has 1 aliphatic heterocycles. The highest BCUT2D eigenvalue weighted by Gasteiger charge is 2.25. The molecule has 0 amide bonds. The Hall–Kier alpha value is -2.46. The molecule has 0 N–H and O–H groups in total. The summed E-state index contributed by atoms with van der Waals surface area (Å²) < 4.78 is 0. The zero-order valence-electron chi connectivity index (χ0n) is 14.0. The van der Waals surface area contributed by atoms with Crippen LogP contribution in [0.3, 0.4) is 0 Å². The molecule has 0 radical (unpaired) electrons. The van der Waals surface area contributed by atoms with Gasteiger partial charge in [-0.15, -0.1) is 0 Å². The number of hydrogen-bond donors (Lipinski definition) is 0. The average molecular weight is 318 g/mol. The van der Waals surface area contributed by atoms with Crippen molar-refractivity contribution in [1.29, 1.82) is 0 Å². The Kier molecular flexibility index (Phi) is 4.13. The van der Waals surface area contributed by atoms with E-state index in [-0.39, 0.29) is 0 Å². The van der Waals surface area contributed by atoms with Crippen LogP contribution >= 0.6 is 0 Å². The first-order chi connectivity index (χ1) is 11.8.